The number of benzene rings is 13. The maximum absolute atomic E-state index is 7.63. The Kier molecular flexibility index (Phi) is 11.7. The van der Waals surface area contributed by atoms with E-state index in [0.717, 1.165) is 125 Å². The fraction of sp³-hybridized carbons (Fsp3) is 0.0370. The molecule has 0 radical (unpaired) electrons. The average molecular weight is 1150 g/mol. The molecular weight excluding hydrogens is 1100 g/mol. The number of anilines is 15. The van der Waals surface area contributed by atoms with Gasteiger partial charge in [-0.05, 0) is 148 Å². The highest BCUT2D eigenvalue weighted by Gasteiger charge is 2.48. The van der Waals surface area contributed by atoms with Crippen LogP contribution in [0, 0.1) is 0 Å². The summed E-state index contributed by atoms with van der Waals surface area (Å²) in [6.07, 6.45) is 0. The van der Waals surface area contributed by atoms with Crippen LogP contribution in [0.2, 0.25) is 0 Å². The lowest BCUT2D eigenvalue weighted by atomic mass is 9.31. The maximum Gasteiger partial charge on any atom is 0.260 e. The van der Waals surface area contributed by atoms with E-state index in [1.807, 2.05) is 0 Å². The van der Waals surface area contributed by atoms with E-state index >= 15 is 0 Å². The molecule has 0 N–H and O–H groups in total. The Labute approximate surface area is 525 Å². The first kappa shape index (κ1) is 51.8. The molecule has 0 saturated heterocycles. The van der Waals surface area contributed by atoms with Crippen molar-refractivity contribution in [2.24, 2.45) is 0 Å². The van der Waals surface area contributed by atoms with Crippen molar-refractivity contribution in [1.82, 2.24) is 0 Å². The fourth-order valence-electron chi connectivity index (χ4n) is 15.2. The van der Waals surface area contributed by atoms with Crippen LogP contribution < -0.4 is 66.8 Å². The molecule has 90 heavy (non-hydrogen) atoms. The Morgan fingerprint density at radius 3 is 1.18 bits per heavy atom. The number of nitrogens with zero attached hydrogens (tertiary/aromatic N) is 5. The summed E-state index contributed by atoms with van der Waals surface area (Å²) < 4.78 is 15.1. The lowest BCUT2D eigenvalue weighted by Gasteiger charge is -2.45. The Balaban J connectivity index is 0.897. The fourth-order valence-corrected chi connectivity index (χ4v) is 15.2. The van der Waals surface area contributed by atoms with E-state index < -0.39 is 0 Å². The van der Waals surface area contributed by atoms with Crippen molar-refractivity contribution in [2.75, 3.05) is 24.5 Å². The molecule has 0 aliphatic carbocycles. The topological polar surface area (TPSA) is 34.7 Å². The molecule has 13 aromatic carbocycles. The van der Waals surface area contributed by atoms with Gasteiger partial charge in [0.1, 0.15) is 23.0 Å². The second kappa shape index (κ2) is 20.3. The first-order valence-corrected chi connectivity index (χ1v) is 31.1. The Hall–Kier alpha value is -11.4. The molecule has 5 aliphatic rings. The van der Waals surface area contributed by atoms with Crippen LogP contribution in [0.25, 0.3) is 0 Å². The SMILES string of the molecule is CC1(C)c2ccccc2N(c2ccc3c(c2)Oc2cc(N(c4ccccc4)c4ccccc4)cc4c2B3c2cc3c(cc2O4)N(c2ccccc2)c2cc(N(c4ccccc4)c4ccccc4)cc4c2B3c2ccccc2N4c2ccccc2)c2ccccc21. The second-order valence-corrected chi connectivity index (χ2v) is 24.4. The number of hydrogen-bond donors (Lipinski definition) is 0. The van der Waals surface area contributed by atoms with Gasteiger partial charge in [-0.25, -0.2) is 0 Å². The molecular formula is C81H57B2N5O2. The summed E-state index contributed by atoms with van der Waals surface area (Å²) in [5.74, 6) is 3.11. The lowest BCUT2D eigenvalue weighted by Crippen LogP contribution is -2.64. The Morgan fingerprint density at radius 1 is 0.267 bits per heavy atom. The minimum absolute atomic E-state index is 0.180. The van der Waals surface area contributed by atoms with E-state index in [2.05, 4.69) is 348 Å². The average Bonchev–Trinajstić information content (AvgIpc) is 0.731. The molecule has 5 aliphatic heterocycles. The van der Waals surface area contributed by atoms with Crippen molar-refractivity contribution in [2.45, 2.75) is 19.3 Å². The third-order valence-electron chi connectivity index (χ3n) is 19.0. The number of hydrogen-bond acceptors (Lipinski definition) is 7. The van der Waals surface area contributed by atoms with E-state index in [4.69, 9.17) is 9.47 Å². The van der Waals surface area contributed by atoms with E-state index in [-0.39, 0.29) is 18.8 Å². The molecule has 13 aromatic rings. The summed E-state index contributed by atoms with van der Waals surface area (Å²) >= 11 is 0. The van der Waals surface area contributed by atoms with Crippen LogP contribution in [-0.2, 0) is 5.41 Å². The first-order valence-electron chi connectivity index (χ1n) is 31.1. The van der Waals surface area contributed by atoms with Crippen LogP contribution in [0.5, 0.6) is 23.0 Å². The smallest absolute Gasteiger partial charge is 0.260 e. The molecule has 9 heteroatoms. The summed E-state index contributed by atoms with van der Waals surface area (Å²) in [4.78, 5) is 12.1. The highest BCUT2D eigenvalue weighted by atomic mass is 16.5. The highest BCUT2D eigenvalue weighted by molar-refractivity contribution is 7.02. The number of rotatable bonds is 9. The van der Waals surface area contributed by atoms with Crippen molar-refractivity contribution >= 4 is 132 Å². The van der Waals surface area contributed by atoms with Gasteiger partial charge in [-0.2, -0.15) is 0 Å². The molecule has 0 spiro atoms. The van der Waals surface area contributed by atoms with Crippen molar-refractivity contribution < 1.29 is 9.47 Å². The van der Waals surface area contributed by atoms with Crippen molar-refractivity contribution in [3.05, 3.63) is 321 Å². The minimum atomic E-state index is -0.268. The van der Waals surface area contributed by atoms with Gasteiger partial charge in [0.05, 0.1) is 22.7 Å². The molecule has 0 unspecified atom stereocenters. The third-order valence-corrected chi connectivity index (χ3v) is 19.0. The van der Waals surface area contributed by atoms with Crippen LogP contribution in [0.15, 0.2) is 309 Å². The van der Waals surface area contributed by atoms with Crippen molar-refractivity contribution in [3.63, 3.8) is 0 Å². The van der Waals surface area contributed by atoms with Gasteiger partial charge in [0, 0.05) is 97.7 Å². The third kappa shape index (κ3) is 7.95. The molecule has 0 saturated carbocycles. The van der Waals surface area contributed by atoms with Gasteiger partial charge in [0.15, 0.2) is 0 Å². The van der Waals surface area contributed by atoms with Gasteiger partial charge < -0.3 is 34.0 Å². The maximum atomic E-state index is 7.63. The number of para-hydroxylation sites is 9. The van der Waals surface area contributed by atoms with Crippen LogP contribution in [0.1, 0.15) is 25.0 Å². The summed E-state index contributed by atoms with van der Waals surface area (Å²) in [6.45, 7) is 4.23. The minimum Gasteiger partial charge on any atom is -0.458 e. The van der Waals surface area contributed by atoms with Gasteiger partial charge >= 0.3 is 0 Å². The van der Waals surface area contributed by atoms with Crippen LogP contribution in [0.3, 0.4) is 0 Å². The molecule has 0 aromatic heterocycles. The molecule has 0 amide bonds. The highest BCUT2D eigenvalue weighted by Crippen LogP contribution is 2.54. The van der Waals surface area contributed by atoms with Gasteiger partial charge in [0.25, 0.3) is 13.4 Å². The molecule has 0 fully saturated rings. The van der Waals surface area contributed by atoms with Crippen LogP contribution in [-0.4, -0.2) is 13.4 Å². The van der Waals surface area contributed by atoms with E-state index in [9.17, 15) is 0 Å². The summed E-state index contributed by atoms with van der Waals surface area (Å²) in [6, 6.07) is 112. The van der Waals surface area contributed by atoms with E-state index in [1.165, 1.54) is 27.5 Å². The predicted molar refractivity (Wildman–Crippen MR) is 374 cm³/mol. The quantitative estimate of drug-likeness (QED) is 0.133. The number of fused-ring (bicyclic) bond motifs is 10. The number of ether oxygens (including phenoxy) is 2. The zero-order chi connectivity index (χ0) is 59.6. The first-order chi connectivity index (χ1) is 44.4. The van der Waals surface area contributed by atoms with Crippen molar-refractivity contribution in [3.8, 4) is 23.0 Å². The van der Waals surface area contributed by atoms with Gasteiger partial charge in [-0.15, -0.1) is 0 Å². The lowest BCUT2D eigenvalue weighted by molar-refractivity contribution is 0.465. The Bertz CT molecular complexity index is 4850. The predicted octanol–water partition coefficient (Wildman–Crippen LogP) is 17.5. The monoisotopic (exact) mass is 1150 g/mol. The van der Waals surface area contributed by atoms with Gasteiger partial charge in [-0.3, -0.25) is 0 Å². The summed E-state index contributed by atoms with van der Waals surface area (Å²) in [5.41, 5.74) is 25.2. The molecule has 0 atom stereocenters. The second-order valence-electron chi connectivity index (χ2n) is 24.4. The summed E-state index contributed by atoms with van der Waals surface area (Å²) in [7, 11) is 0. The van der Waals surface area contributed by atoms with Crippen LogP contribution in [0.4, 0.5) is 85.3 Å². The van der Waals surface area contributed by atoms with E-state index in [0.29, 0.717) is 0 Å². The normalized spacial score (nSPS) is 13.8. The Morgan fingerprint density at radius 2 is 0.667 bits per heavy atom. The largest absolute Gasteiger partial charge is 0.458 e. The van der Waals surface area contributed by atoms with Crippen LogP contribution >= 0.6 is 0 Å². The standard InChI is InChI=1S/C81H57B2N5O2/c1-81(2)63-39-21-24-42-69(63)88(70-43-25-22-40-64(70)81)60-45-46-66-75(49-60)89-77-50-62(85(56-31-13-5-14-32-56)57-33-15-6-16-34-57)51-78-80(77)83(66)68-52-67-72(53-76(68)90-78)87(59-37-19-8-20-38-59)74-48-61(84(54-27-9-3-10-28-54)55-29-11-4-12-30-55)47-73-79(74)82(67)65-41-23-26-44-71(65)86(73)58-35-17-7-18-36-58/h3-53H,1-2H3. The summed E-state index contributed by atoms with van der Waals surface area (Å²) in [5, 5.41) is 0. The van der Waals surface area contributed by atoms with Gasteiger partial charge in [0.2, 0.25) is 0 Å². The molecule has 424 valence electrons. The molecule has 0 bridgehead atoms. The zero-order valence-corrected chi connectivity index (χ0v) is 49.7. The molecule has 5 heterocycles. The van der Waals surface area contributed by atoms with Gasteiger partial charge in [-0.1, -0.05) is 190 Å². The molecule has 7 nitrogen and oxygen atoms in total. The van der Waals surface area contributed by atoms with E-state index in [1.54, 1.807) is 0 Å². The zero-order valence-electron chi connectivity index (χ0n) is 49.7. The molecule has 18 rings (SSSR count). The van der Waals surface area contributed by atoms with Crippen molar-refractivity contribution in [1.29, 1.82) is 0 Å².